The molecule has 0 aromatic heterocycles. The zero-order chi connectivity index (χ0) is 17.6. The zero-order valence-electron chi connectivity index (χ0n) is 14.1. The molecule has 25 heavy (non-hydrogen) atoms. The minimum absolute atomic E-state index is 0.0200. The van der Waals surface area contributed by atoms with Crippen molar-refractivity contribution in [3.8, 4) is 0 Å². The minimum Gasteiger partial charge on any atom is -0.351 e. The molecule has 3 fully saturated rings. The highest BCUT2D eigenvalue weighted by atomic mass is 19.1. The van der Waals surface area contributed by atoms with Gasteiger partial charge in [-0.25, -0.2) is 8.78 Å². The van der Waals surface area contributed by atoms with Crippen LogP contribution in [0.3, 0.4) is 0 Å². The number of hydrogen-bond donors (Lipinski definition) is 1. The van der Waals surface area contributed by atoms with E-state index in [2.05, 4.69) is 5.32 Å². The second-order valence-electron chi connectivity index (χ2n) is 7.60. The molecule has 0 bridgehead atoms. The van der Waals surface area contributed by atoms with Gasteiger partial charge in [0.05, 0.1) is 11.5 Å². The van der Waals surface area contributed by atoms with Crippen LogP contribution in [0.1, 0.15) is 44.1 Å². The third-order valence-electron chi connectivity index (χ3n) is 6.11. The van der Waals surface area contributed by atoms with Gasteiger partial charge in [0.15, 0.2) is 0 Å². The Hall–Kier alpha value is -1.98. The lowest BCUT2D eigenvalue weighted by Gasteiger charge is -2.43. The van der Waals surface area contributed by atoms with Crippen molar-refractivity contribution in [2.24, 2.45) is 5.92 Å². The van der Waals surface area contributed by atoms with E-state index in [9.17, 15) is 18.4 Å². The zero-order valence-corrected chi connectivity index (χ0v) is 14.1. The van der Waals surface area contributed by atoms with Gasteiger partial charge in [0.1, 0.15) is 11.6 Å². The normalized spacial score (nSPS) is 27.9. The molecule has 2 saturated heterocycles. The lowest BCUT2D eigenvalue weighted by molar-refractivity contribution is -0.140. The fourth-order valence-corrected chi connectivity index (χ4v) is 4.59. The Morgan fingerprint density at radius 2 is 2.00 bits per heavy atom. The van der Waals surface area contributed by atoms with Crippen LogP contribution in [-0.4, -0.2) is 35.8 Å². The Balaban J connectivity index is 1.59. The summed E-state index contributed by atoms with van der Waals surface area (Å²) in [6.45, 7) is 1.05. The Morgan fingerprint density at radius 3 is 2.72 bits per heavy atom. The highest BCUT2D eigenvalue weighted by Gasteiger charge is 2.51. The van der Waals surface area contributed by atoms with Gasteiger partial charge in [-0.05, 0) is 49.8 Å². The number of fused-ring (bicyclic) bond motifs is 1. The molecule has 4 rings (SSSR count). The number of halogens is 2. The van der Waals surface area contributed by atoms with Gasteiger partial charge in [0, 0.05) is 25.1 Å². The molecule has 2 aliphatic heterocycles. The smallest absolute Gasteiger partial charge is 0.233 e. The van der Waals surface area contributed by atoms with Gasteiger partial charge in [-0.3, -0.25) is 9.59 Å². The summed E-state index contributed by atoms with van der Waals surface area (Å²) in [6, 6.07) is 3.33. The summed E-state index contributed by atoms with van der Waals surface area (Å²) in [5.41, 5.74) is -0.764. The average Bonchev–Trinajstić information content (AvgIpc) is 2.84. The van der Waals surface area contributed by atoms with Crippen molar-refractivity contribution in [2.45, 2.75) is 50.0 Å². The lowest BCUT2D eigenvalue weighted by atomic mass is 9.63. The van der Waals surface area contributed by atoms with Gasteiger partial charge in [-0.15, -0.1) is 0 Å². The van der Waals surface area contributed by atoms with Crippen LogP contribution in [0.2, 0.25) is 0 Å². The number of hydrogen-bond acceptors (Lipinski definition) is 2. The quantitative estimate of drug-likeness (QED) is 0.893. The summed E-state index contributed by atoms with van der Waals surface area (Å²) in [6.07, 6.45) is 4.21. The number of rotatable bonds is 2. The van der Waals surface area contributed by atoms with Crippen LogP contribution in [0.5, 0.6) is 0 Å². The van der Waals surface area contributed by atoms with Gasteiger partial charge >= 0.3 is 0 Å². The number of benzene rings is 1. The van der Waals surface area contributed by atoms with Crippen LogP contribution < -0.4 is 5.32 Å². The van der Waals surface area contributed by atoms with E-state index in [1.807, 2.05) is 0 Å². The van der Waals surface area contributed by atoms with E-state index in [0.29, 0.717) is 32.4 Å². The fourth-order valence-electron chi connectivity index (χ4n) is 4.59. The highest BCUT2D eigenvalue weighted by molar-refractivity contribution is 5.90. The van der Waals surface area contributed by atoms with E-state index in [-0.39, 0.29) is 29.3 Å². The summed E-state index contributed by atoms with van der Waals surface area (Å²) in [5, 5.41) is 3.01. The van der Waals surface area contributed by atoms with Crippen molar-refractivity contribution in [1.29, 1.82) is 0 Å². The molecule has 0 radical (unpaired) electrons. The van der Waals surface area contributed by atoms with Crippen LogP contribution in [0.4, 0.5) is 8.78 Å². The number of amides is 2. The standard InChI is InChI=1S/C19H22F2N2O2/c20-13-5-6-15(21)14(9-13)19(7-2-8-19)18(25)23-10-12-3-1-4-17(24)22-16(12)11-23/h5-6,9,12,16H,1-4,7-8,10-11H2,(H,22,24). The molecule has 1 aromatic rings. The number of likely N-dealkylation sites (tertiary alicyclic amines) is 1. The highest BCUT2D eigenvalue weighted by Crippen LogP contribution is 2.47. The summed E-state index contributed by atoms with van der Waals surface area (Å²) in [4.78, 5) is 26.8. The summed E-state index contributed by atoms with van der Waals surface area (Å²) in [7, 11) is 0. The first-order valence-electron chi connectivity index (χ1n) is 9.04. The Morgan fingerprint density at radius 1 is 1.20 bits per heavy atom. The Kier molecular flexibility index (Phi) is 4.01. The maximum atomic E-state index is 14.3. The van der Waals surface area contributed by atoms with Gasteiger partial charge in [0.25, 0.3) is 0 Å². The number of carbonyl (C=O) groups excluding carboxylic acids is 2. The average molecular weight is 348 g/mol. The largest absolute Gasteiger partial charge is 0.351 e. The molecule has 2 heterocycles. The molecule has 1 saturated carbocycles. The second-order valence-corrected chi connectivity index (χ2v) is 7.60. The van der Waals surface area contributed by atoms with Crippen molar-refractivity contribution < 1.29 is 18.4 Å². The Bertz CT molecular complexity index is 717. The summed E-state index contributed by atoms with van der Waals surface area (Å²) in [5.74, 6) is -0.864. The molecule has 3 aliphatic rings. The van der Waals surface area contributed by atoms with E-state index < -0.39 is 17.0 Å². The molecular formula is C19H22F2N2O2. The molecule has 1 N–H and O–H groups in total. The van der Waals surface area contributed by atoms with Crippen molar-refractivity contribution in [3.63, 3.8) is 0 Å². The van der Waals surface area contributed by atoms with Crippen molar-refractivity contribution >= 4 is 11.8 Å². The summed E-state index contributed by atoms with van der Waals surface area (Å²) < 4.78 is 28.0. The molecule has 2 amide bonds. The van der Waals surface area contributed by atoms with Crippen LogP contribution in [-0.2, 0) is 15.0 Å². The van der Waals surface area contributed by atoms with Gasteiger partial charge in [-0.1, -0.05) is 6.42 Å². The van der Waals surface area contributed by atoms with Gasteiger partial charge in [-0.2, -0.15) is 0 Å². The van der Waals surface area contributed by atoms with Crippen LogP contribution in [0.25, 0.3) is 0 Å². The maximum Gasteiger partial charge on any atom is 0.233 e. The molecule has 1 aromatic carbocycles. The van der Waals surface area contributed by atoms with Crippen molar-refractivity contribution in [2.75, 3.05) is 13.1 Å². The van der Waals surface area contributed by atoms with E-state index in [1.165, 1.54) is 6.07 Å². The fraction of sp³-hybridized carbons (Fsp3) is 0.579. The number of carbonyl (C=O) groups is 2. The van der Waals surface area contributed by atoms with E-state index >= 15 is 0 Å². The second kappa shape index (κ2) is 6.07. The van der Waals surface area contributed by atoms with E-state index in [4.69, 9.17) is 0 Å². The molecule has 6 heteroatoms. The van der Waals surface area contributed by atoms with E-state index in [0.717, 1.165) is 31.4 Å². The number of nitrogens with one attached hydrogen (secondary N) is 1. The lowest BCUT2D eigenvalue weighted by Crippen LogP contribution is -2.51. The maximum absolute atomic E-state index is 14.3. The van der Waals surface area contributed by atoms with Gasteiger partial charge < -0.3 is 10.2 Å². The molecule has 2 unspecified atom stereocenters. The van der Waals surface area contributed by atoms with Gasteiger partial charge in [0.2, 0.25) is 11.8 Å². The monoisotopic (exact) mass is 348 g/mol. The van der Waals surface area contributed by atoms with Crippen molar-refractivity contribution in [1.82, 2.24) is 10.2 Å². The third kappa shape index (κ3) is 2.71. The minimum atomic E-state index is -0.945. The first-order valence-corrected chi connectivity index (χ1v) is 9.04. The molecule has 134 valence electrons. The molecular weight excluding hydrogens is 326 g/mol. The van der Waals surface area contributed by atoms with Crippen molar-refractivity contribution in [3.05, 3.63) is 35.4 Å². The van der Waals surface area contributed by atoms with Crippen LogP contribution in [0, 0.1) is 17.6 Å². The third-order valence-corrected chi connectivity index (χ3v) is 6.11. The molecule has 0 spiro atoms. The van der Waals surface area contributed by atoms with E-state index in [1.54, 1.807) is 4.90 Å². The first-order chi connectivity index (χ1) is 12.0. The Labute approximate surface area is 145 Å². The molecule has 2 atom stereocenters. The molecule has 4 nitrogen and oxygen atoms in total. The first kappa shape index (κ1) is 16.5. The number of nitrogens with zero attached hydrogens (tertiary/aromatic N) is 1. The molecule has 1 aliphatic carbocycles. The van der Waals surface area contributed by atoms with Crippen LogP contribution in [0.15, 0.2) is 18.2 Å². The topological polar surface area (TPSA) is 49.4 Å². The SMILES string of the molecule is O=C1CCCC2CN(C(=O)C3(c4cc(F)ccc4F)CCC3)CC2N1. The predicted molar refractivity (Wildman–Crippen MR) is 87.7 cm³/mol. The predicted octanol–water partition coefficient (Wildman–Crippen LogP) is 2.51. The van der Waals surface area contributed by atoms with Crippen LogP contribution >= 0.6 is 0 Å². The summed E-state index contributed by atoms with van der Waals surface area (Å²) >= 11 is 0.